The first-order valence-corrected chi connectivity index (χ1v) is 5.35. The highest BCUT2D eigenvalue weighted by atomic mass is 16.5. The van der Waals surface area contributed by atoms with Gasteiger partial charge in [0.15, 0.2) is 0 Å². The fraction of sp³-hybridized carbons (Fsp3) is 0.462. The van der Waals surface area contributed by atoms with Crippen LogP contribution in [0.4, 0.5) is 0 Å². The molecule has 3 heteroatoms. The summed E-state index contributed by atoms with van der Waals surface area (Å²) < 4.78 is 5.16. The van der Waals surface area contributed by atoms with Crippen molar-refractivity contribution in [3.05, 3.63) is 29.8 Å². The lowest BCUT2D eigenvalue weighted by molar-refractivity contribution is 0.392. The molecular formula is C13H18N2O. The van der Waals surface area contributed by atoms with E-state index in [2.05, 4.69) is 11.0 Å². The van der Waals surface area contributed by atoms with Crippen molar-refractivity contribution < 1.29 is 4.74 Å². The largest absolute Gasteiger partial charge is 0.497 e. The van der Waals surface area contributed by atoms with Crippen molar-refractivity contribution in [3.8, 4) is 11.8 Å². The predicted octanol–water partition coefficient (Wildman–Crippen LogP) is 2.25. The third-order valence-corrected chi connectivity index (χ3v) is 2.52. The molecule has 0 spiro atoms. The first-order valence-electron chi connectivity index (χ1n) is 5.35. The van der Waals surface area contributed by atoms with Gasteiger partial charge in [-0.1, -0.05) is 12.1 Å². The molecule has 1 rings (SSSR count). The van der Waals surface area contributed by atoms with Crippen LogP contribution in [0, 0.1) is 11.3 Å². The second kappa shape index (κ2) is 6.14. The highest BCUT2D eigenvalue weighted by molar-refractivity contribution is 5.33. The number of ether oxygens (including phenoxy) is 1. The number of nitrogens with zero attached hydrogens (tertiary/aromatic N) is 2. The van der Waals surface area contributed by atoms with Crippen molar-refractivity contribution in [1.82, 2.24) is 4.90 Å². The molecule has 0 unspecified atom stereocenters. The van der Waals surface area contributed by atoms with Crippen LogP contribution in [0.3, 0.4) is 0 Å². The van der Waals surface area contributed by atoms with Crippen LogP contribution in [0.25, 0.3) is 0 Å². The van der Waals surface area contributed by atoms with E-state index in [-0.39, 0.29) is 5.92 Å². The Hall–Kier alpha value is -1.53. The van der Waals surface area contributed by atoms with E-state index in [1.807, 2.05) is 38.4 Å². The minimum atomic E-state index is -0.0579. The lowest BCUT2D eigenvalue weighted by Gasteiger charge is -2.14. The molecule has 0 aliphatic carbocycles. The van der Waals surface area contributed by atoms with Crippen molar-refractivity contribution in [1.29, 1.82) is 5.26 Å². The Kier molecular flexibility index (Phi) is 4.81. The van der Waals surface area contributed by atoms with Gasteiger partial charge in [0, 0.05) is 0 Å². The lowest BCUT2D eigenvalue weighted by Crippen LogP contribution is -2.15. The van der Waals surface area contributed by atoms with E-state index in [9.17, 15) is 0 Å². The Bertz CT molecular complexity index is 368. The summed E-state index contributed by atoms with van der Waals surface area (Å²) in [6.07, 6.45) is 0.844. The number of rotatable bonds is 5. The summed E-state index contributed by atoms with van der Waals surface area (Å²) in [4.78, 5) is 2.09. The van der Waals surface area contributed by atoms with Gasteiger partial charge in [0.25, 0.3) is 0 Å². The van der Waals surface area contributed by atoms with E-state index < -0.39 is 0 Å². The molecule has 86 valence electrons. The summed E-state index contributed by atoms with van der Waals surface area (Å²) in [5, 5.41) is 9.15. The zero-order valence-corrected chi connectivity index (χ0v) is 10.1. The van der Waals surface area contributed by atoms with Crippen molar-refractivity contribution in [2.24, 2.45) is 0 Å². The highest BCUT2D eigenvalue weighted by Crippen LogP contribution is 2.23. The second-order valence-electron chi connectivity index (χ2n) is 4.05. The summed E-state index contributed by atoms with van der Waals surface area (Å²) in [7, 11) is 5.67. The van der Waals surface area contributed by atoms with E-state index in [4.69, 9.17) is 10.00 Å². The Balaban J connectivity index is 2.75. The van der Waals surface area contributed by atoms with E-state index >= 15 is 0 Å². The van der Waals surface area contributed by atoms with Gasteiger partial charge in [-0.05, 0) is 44.8 Å². The Labute approximate surface area is 97.3 Å². The molecule has 0 fully saturated rings. The lowest BCUT2D eigenvalue weighted by atomic mass is 9.97. The van der Waals surface area contributed by atoms with Gasteiger partial charge in [0.05, 0.1) is 19.1 Å². The normalized spacial score (nSPS) is 12.2. The smallest absolute Gasteiger partial charge is 0.119 e. The molecule has 0 aliphatic heterocycles. The SMILES string of the molecule is COc1cccc([C@@H](C#N)CCN(C)C)c1. The standard InChI is InChI=1S/C13H18N2O/c1-15(2)8-7-12(10-14)11-5-4-6-13(9-11)16-3/h4-6,9,12H,7-8H2,1-3H3/t12-/m1/s1. The maximum Gasteiger partial charge on any atom is 0.119 e. The minimum absolute atomic E-state index is 0.0579. The summed E-state index contributed by atoms with van der Waals surface area (Å²) >= 11 is 0. The van der Waals surface area contributed by atoms with Crippen LogP contribution in [-0.2, 0) is 0 Å². The van der Waals surface area contributed by atoms with E-state index in [1.54, 1.807) is 7.11 Å². The molecule has 1 atom stereocenters. The fourth-order valence-electron chi connectivity index (χ4n) is 1.55. The Morgan fingerprint density at radius 1 is 1.44 bits per heavy atom. The minimum Gasteiger partial charge on any atom is -0.497 e. The number of nitriles is 1. The zero-order valence-electron chi connectivity index (χ0n) is 10.1. The topological polar surface area (TPSA) is 36.3 Å². The van der Waals surface area contributed by atoms with Crippen LogP contribution in [0.5, 0.6) is 5.75 Å². The molecule has 0 aliphatic rings. The maximum atomic E-state index is 9.15. The van der Waals surface area contributed by atoms with Crippen LogP contribution >= 0.6 is 0 Å². The first-order chi connectivity index (χ1) is 7.67. The molecule has 0 radical (unpaired) electrons. The van der Waals surface area contributed by atoms with Crippen molar-refractivity contribution >= 4 is 0 Å². The molecule has 16 heavy (non-hydrogen) atoms. The summed E-state index contributed by atoms with van der Waals surface area (Å²) in [6, 6.07) is 10.1. The summed E-state index contributed by atoms with van der Waals surface area (Å²) in [6.45, 7) is 0.912. The van der Waals surface area contributed by atoms with Crippen LogP contribution in [-0.4, -0.2) is 32.6 Å². The summed E-state index contributed by atoms with van der Waals surface area (Å²) in [5.41, 5.74) is 1.03. The van der Waals surface area contributed by atoms with Crippen molar-refractivity contribution in [2.75, 3.05) is 27.7 Å². The average molecular weight is 218 g/mol. The molecule has 0 aromatic heterocycles. The van der Waals surface area contributed by atoms with Gasteiger partial charge in [0.1, 0.15) is 5.75 Å². The van der Waals surface area contributed by atoms with Gasteiger partial charge >= 0.3 is 0 Å². The van der Waals surface area contributed by atoms with Gasteiger partial charge in [0.2, 0.25) is 0 Å². The molecule has 1 aromatic carbocycles. The highest BCUT2D eigenvalue weighted by Gasteiger charge is 2.11. The number of benzene rings is 1. The van der Waals surface area contributed by atoms with E-state index in [1.165, 1.54) is 0 Å². The van der Waals surface area contributed by atoms with Crippen LogP contribution < -0.4 is 4.74 Å². The van der Waals surface area contributed by atoms with Gasteiger partial charge in [-0.25, -0.2) is 0 Å². The van der Waals surface area contributed by atoms with Gasteiger partial charge < -0.3 is 9.64 Å². The number of methoxy groups -OCH3 is 1. The number of hydrogen-bond acceptors (Lipinski definition) is 3. The fourth-order valence-corrected chi connectivity index (χ4v) is 1.55. The molecule has 0 heterocycles. The summed E-state index contributed by atoms with van der Waals surface area (Å²) in [5.74, 6) is 0.750. The number of hydrogen-bond donors (Lipinski definition) is 0. The molecule has 0 saturated heterocycles. The molecule has 1 aromatic rings. The first kappa shape index (κ1) is 12.5. The van der Waals surface area contributed by atoms with Crippen molar-refractivity contribution in [3.63, 3.8) is 0 Å². The Morgan fingerprint density at radius 2 is 2.19 bits per heavy atom. The van der Waals surface area contributed by atoms with Gasteiger partial charge in [-0.15, -0.1) is 0 Å². The van der Waals surface area contributed by atoms with E-state index in [0.717, 1.165) is 24.3 Å². The molecule has 0 bridgehead atoms. The van der Waals surface area contributed by atoms with Crippen LogP contribution in [0.2, 0.25) is 0 Å². The predicted molar refractivity (Wildman–Crippen MR) is 64.5 cm³/mol. The van der Waals surface area contributed by atoms with E-state index in [0.29, 0.717) is 0 Å². The average Bonchev–Trinajstić information content (AvgIpc) is 2.30. The molecule has 0 saturated carbocycles. The monoisotopic (exact) mass is 218 g/mol. The molecule has 0 N–H and O–H groups in total. The van der Waals surface area contributed by atoms with Crippen LogP contribution in [0.1, 0.15) is 17.9 Å². The third-order valence-electron chi connectivity index (χ3n) is 2.52. The Morgan fingerprint density at radius 3 is 2.75 bits per heavy atom. The maximum absolute atomic E-state index is 9.15. The quantitative estimate of drug-likeness (QED) is 0.760. The van der Waals surface area contributed by atoms with Crippen LogP contribution in [0.15, 0.2) is 24.3 Å². The second-order valence-corrected chi connectivity index (χ2v) is 4.05. The van der Waals surface area contributed by atoms with Gasteiger partial charge in [-0.3, -0.25) is 0 Å². The zero-order chi connectivity index (χ0) is 12.0. The third kappa shape index (κ3) is 3.56. The molecular weight excluding hydrogens is 200 g/mol. The van der Waals surface area contributed by atoms with Gasteiger partial charge in [-0.2, -0.15) is 5.26 Å². The molecule has 3 nitrogen and oxygen atoms in total. The van der Waals surface area contributed by atoms with Crippen molar-refractivity contribution in [2.45, 2.75) is 12.3 Å². The molecule has 0 amide bonds.